The molecule has 0 atom stereocenters. The minimum absolute atomic E-state index is 0.0596. The van der Waals surface area contributed by atoms with Crippen LogP contribution in [0.2, 0.25) is 10.0 Å². The van der Waals surface area contributed by atoms with Crippen molar-refractivity contribution in [3.05, 3.63) is 46.2 Å². The Morgan fingerprint density at radius 1 is 1.37 bits per heavy atom. The normalized spacial score (nSPS) is 11.7. The summed E-state index contributed by atoms with van der Waals surface area (Å²) in [5.41, 5.74) is 0. The molecule has 0 saturated carbocycles. The molecular weight excluding hydrogens is 316 g/mol. The molecule has 9 heteroatoms. The van der Waals surface area contributed by atoms with Gasteiger partial charge in [0.1, 0.15) is 10.7 Å². The summed E-state index contributed by atoms with van der Waals surface area (Å²) in [5, 5.41) is -0.783. The molecule has 2 N–H and O–H groups in total. The van der Waals surface area contributed by atoms with Crippen LogP contribution in [0.5, 0.6) is 0 Å². The van der Waals surface area contributed by atoms with Crippen molar-refractivity contribution >= 4 is 33.2 Å². The Balaban J connectivity index is 2.27. The maximum Gasteiger partial charge on any atom is 0.242 e. The highest BCUT2D eigenvalue weighted by molar-refractivity contribution is 7.89. The molecule has 0 aliphatic carbocycles. The van der Waals surface area contributed by atoms with Gasteiger partial charge in [0, 0.05) is 12.4 Å². The Hall–Kier alpha value is -1.15. The van der Waals surface area contributed by atoms with E-state index in [1.165, 1.54) is 6.20 Å². The van der Waals surface area contributed by atoms with E-state index in [4.69, 9.17) is 23.2 Å². The van der Waals surface area contributed by atoms with Crippen LogP contribution in [0.25, 0.3) is 0 Å². The van der Waals surface area contributed by atoms with Gasteiger partial charge in [-0.1, -0.05) is 23.2 Å². The number of nitrogens with zero attached hydrogens (tertiary/aromatic N) is 1. The minimum atomic E-state index is -3.95. The fraction of sp³-hybridized carbons (Fsp3) is 0.100. The number of nitrogens with one attached hydrogen (secondary N) is 2. The predicted molar refractivity (Wildman–Crippen MR) is 69.0 cm³/mol. The molecular formula is C10H8Cl2FN3O2S. The van der Waals surface area contributed by atoms with E-state index in [0.717, 1.165) is 12.1 Å². The van der Waals surface area contributed by atoms with Crippen molar-refractivity contribution in [3.63, 3.8) is 0 Å². The van der Waals surface area contributed by atoms with Gasteiger partial charge in [-0.2, -0.15) is 0 Å². The molecule has 0 aliphatic rings. The molecule has 0 fully saturated rings. The zero-order valence-electron chi connectivity index (χ0n) is 9.32. The molecule has 0 bridgehead atoms. The number of rotatable bonds is 4. The first-order valence-corrected chi connectivity index (χ1v) is 7.27. The van der Waals surface area contributed by atoms with Crippen LogP contribution in [0.15, 0.2) is 29.4 Å². The largest absolute Gasteiger partial charge is 0.347 e. The molecule has 0 saturated heterocycles. The lowest BCUT2D eigenvalue weighted by Crippen LogP contribution is -2.24. The van der Waals surface area contributed by atoms with Gasteiger partial charge in [-0.25, -0.2) is 22.5 Å². The highest BCUT2D eigenvalue weighted by atomic mass is 35.5. The zero-order valence-corrected chi connectivity index (χ0v) is 11.7. The average molecular weight is 324 g/mol. The number of sulfonamides is 1. The highest BCUT2D eigenvalue weighted by Gasteiger charge is 2.21. The molecule has 0 amide bonds. The zero-order chi connectivity index (χ0) is 14.0. The van der Waals surface area contributed by atoms with Crippen LogP contribution < -0.4 is 4.72 Å². The van der Waals surface area contributed by atoms with Crippen molar-refractivity contribution in [2.24, 2.45) is 0 Å². The lowest BCUT2D eigenvalue weighted by atomic mass is 10.3. The lowest BCUT2D eigenvalue weighted by molar-refractivity contribution is 0.576. The number of H-pyrrole nitrogens is 1. The van der Waals surface area contributed by atoms with E-state index in [2.05, 4.69) is 14.7 Å². The van der Waals surface area contributed by atoms with Crippen molar-refractivity contribution in [2.45, 2.75) is 11.4 Å². The Labute approximate surface area is 118 Å². The Bertz CT molecular complexity index is 689. The van der Waals surface area contributed by atoms with Gasteiger partial charge >= 0.3 is 0 Å². The van der Waals surface area contributed by atoms with E-state index in [1.807, 2.05) is 0 Å². The van der Waals surface area contributed by atoms with Gasteiger partial charge in [0.15, 0.2) is 5.82 Å². The van der Waals surface area contributed by atoms with Gasteiger partial charge in [-0.3, -0.25) is 0 Å². The van der Waals surface area contributed by atoms with Crippen molar-refractivity contribution in [2.75, 3.05) is 0 Å². The lowest BCUT2D eigenvalue weighted by Gasteiger charge is -2.08. The standard InChI is InChI=1S/C10H8Cl2FN3O2S/c11-6-1-2-7(9(12)10(6)13)19(17,18)16-5-8-14-3-4-15-8/h1-4,16H,5H2,(H,14,15). The van der Waals surface area contributed by atoms with Gasteiger partial charge in [0.2, 0.25) is 10.0 Å². The number of aromatic amines is 1. The van der Waals surface area contributed by atoms with Crippen LogP contribution in [0.3, 0.4) is 0 Å². The fourth-order valence-electron chi connectivity index (χ4n) is 1.35. The first-order chi connectivity index (χ1) is 8.92. The second kappa shape index (κ2) is 5.46. The molecule has 0 aliphatic heterocycles. The van der Waals surface area contributed by atoms with Crippen LogP contribution in [-0.4, -0.2) is 18.4 Å². The first-order valence-electron chi connectivity index (χ1n) is 5.03. The second-order valence-corrected chi connectivity index (χ2v) is 6.05. The molecule has 1 aromatic carbocycles. The summed E-state index contributed by atoms with van der Waals surface area (Å²) in [5.74, 6) is -0.543. The van der Waals surface area contributed by atoms with Crippen LogP contribution in [0.1, 0.15) is 5.82 Å². The third-order valence-electron chi connectivity index (χ3n) is 2.27. The predicted octanol–water partition coefficient (Wildman–Crippen LogP) is 2.33. The molecule has 1 aromatic heterocycles. The van der Waals surface area contributed by atoms with Crippen molar-refractivity contribution in [1.29, 1.82) is 0 Å². The SMILES string of the molecule is O=S(=O)(NCc1ncc[nH]1)c1ccc(Cl)c(F)c1Cl. The molecule has 2 aromatic rings. The summed E-state index contributed by atoms with van der Waals surface area (Å²) in [6.45, 7) is -0.0596. The van der Waals surface area contributed by atoms with Crippen LogP contribution in [0.4, 0.5) is 4.39 Å². The molecule has 1 heterocycles. The van der Waals surface area contributed by atoms with Gasteiger partial charge in [-0.15, -0.1) is 0 Å². The van der Waals surface area contributed by atoms with Gasteiger partial charge in [0.25, 0.3) is 0 Å². The maximum absolute atomic E-state index is 13.5. The van der Waals surface area contributed by atoms with Gasteiger partial charge in [0.05, 0.1) is 16.6 Å². The van der Waals surface area contributed by atoms with Crippen molar-refractivity contribution in [1.82, 2.24) is 14.7 Å². The van der Waals surface area contributed by atoms with Crippen molar-refractivity contribution < 1.29 is 12.8 Å². The van der Waals surface area contributed by atoms with E-state index < -0.39 is 20.9 Å². The molecule has 102 valence electrons. The van der Waals surface area contributed by atoms with Crippen molar-refractivity contribution in [3.8, 4) is 0 Å². The minimum Gasteiger partial charge on any atom is -0.347 e. The molecule has 0 spiro atoms. The second-order valence-electron chi connectivity index (χ2n) is 3.53. The quantitative estimate of drug-likeness (QED) is 0.848. The third-order valence-corrected chi connectivity index (χ3v) is 4.49. The average Bonchev–Trinajstić information content (AvgIpc) is 2.86. The fourth-order valence-corrected chi connectivity index (χ4v) is 3.08. The summed E-state index contributed by atoms with van der Waals surface area (Å²) in [4.78, 5) is 6.21. The monoisotopic (exact) mass is 323 g/mol. The Morgan fingerprint density at radius 2 is 2.11 bits per heavy atom. The topological polar surface area (TPSA) is 74.8 Å². The Kier molecular flexibility index (Phi) is 4.10. The van der Waals surface area contributed by atoms with Gasteiger partial charge < -0.3 is 4.98 Å². The molecule has 0 unspecified atom stereocenters. The number of hydrogen-bond acceptors (Lipinski definition) is 3. The smallest absolute Gasteiger partial charge is 0.242 e. The highest BCUT2D eigenvalue weighted by Crippen LogP contribution is 2.29. The molecule has 0 radical (unpaired) electrons. The summed E-state index contributed by atoms with van der Waals surface area (Å²) >= 11 is 11.1. The maximum atomic E-state index is 13.5. The van der Waals surface area contributed by atoms with E-state index in [0.29, 0.717) is 5.82 Å². The summed E-state index contributed by atoms with van der Waals surface area (Å²) in [6, 6.07) is 2.27. The summed E-state index contributed by atoms with van der Waals surface area (Å²) in [7, 11) is -3.95. The summed E-state index contributed by atoms with van der Waals surface area (Å²) < 4.78 is 39.6. The van der Waals surface area contributed by atoms with E-state index in [1.54, 1.807) is 6.20 Å². The number of hydrogen-bond donors (Lipinski definition) is 2. The van der Waals surface area contributed by atoms with E-state index >= 15 is 0 Å². The number of benzene rings is 1. The first kappa shape index (κ1) is 14.3. The molecule has 5 nitrogen and oxygen atoms in total. The van der Waals surface area contributed by atoms with E-state index in [-0.39, 0.29) is 16.5 Å². The van der Waals surface area contributed by atoms with Gasteiger partial charge in [-0.05, 0) is 12.1 Å². The number of imidazole rings is 1. The summed E-state index contributed by atoms with van der Waals surface area (Å²) in [6.07, 6.45) is 3.04. The third kappa shape index (κ3) is 3.06. The van der Waals surface area contributed by atoms with Crippen LogP contribution >= 0.6 is 23.2 Å². The van der Waals surface area contributed by atoms with Crippen LogP contribution in [-0.2, 0) is 16.6 Å². The van der Waals surface area contributed by atoms with E-state index in [9.17, 15) is 12.8 Å². The van der Waals surface area contributed by atoms with Crippen LogP contribution in [0, 0.1) is 5.82 Å². The Morgan fingerprint density at radius 3 is 2.74 bits per heavy atom. The molecule has 2 rings (SSSR count). The number of aromatic nitrogens is 2. The number of halogens is 3. The molecule has 19 heavy (non-hydrogen) atoms.